The van der Waals surface area contributed by atoms with Crippen LogP contribution >= 0.6 is 11.8 Å². The van der Waals surface area contributed by atoms with Crippen LogP contribution in [0.2, 0.25) is 0 Å². The molecule has 0 saturated heterocycles. The van der Waals surface area contributed by atoms with Crippen LogP contribution in [0.25, 0.3) is 5.69 Å². The van der Waals surface area contributed by atoms with Gasteiger partial charge in [0, 0.05) is 49.0 Å². The van der Waals surface area contributed by atoms with Crippen LogP contribution in [0.1, 0.15) is 11.1 Å². The zero-order chi connectivity index (χ0) is 21.5. The molecule has 9 heteroatoms. The Balaban J connectivity index is 1.44. The van der Waals surface area contributed by atoms with Crippen molar-refractivity contribution >= 4 is 29.0 Å². The molecule has 1 heterocycles. The predicted molar refractivity (Wildman–Crippen MR) is 118 cm³/mol. The standard InChI is InChI=1S/C21H23N5O3S/c1-15-11-16(2)13-19(12-15)25-10-9-24-21(25)30-14-20(27)23-8-7-22-17-3-5-18(6-4-17)26(28)29/h3-6,9-13,22H,7-8,14H2,1-2H3,(H,23,27). The molecule has 0 aliphatic carbocycles. The van der Waals surface area contributed by atoms with E-state index in [1.54, 1.807) is 18.3 Å². The molecule has 30 heavy (non-hydrogen) atoms. The Morgan fingerprint density at radius 1 is 1.13 bits per heavy atom. The van der Waals surface area contributed by atoms with Crippen molar-refractivity contribution in [3.63, 3.8) is 0 Å². The minimum atomic E-state index is -0.437. The number of imidazole rings is 1. The van der Waals surface area contributed by atoms with Crippen molar-refractivity contribution in [1.82, 2.24) is 14.9 Å². The van der Waals surface area contributed by atoms with Gasteiger partial charge in [-0.25, -0.2) is 4.98 Å². The lowest BCUT2D eigenvalue weighted by Crippen LogP contribution is -2.30. The van der Waals surface area contributed by atoms with E-state index in [4.69, 9.17) is 0 Å². The second-order valence-electron chi connectivity index (χ2n) is 6.80. The van der Waals surface area contributed by atoms with Gasteiger partial charge in [-0.15, -0.1) is 0 Å². The third-order valence-corrected chi connectivity index (χ3v) is 5.25. The maximum Gasteiger partial charge on any atom is 0.269 e. The highest BCUT2D eigenvalue weighted by Crippen LogP contribution is 2.22. The Morgan fingerprint density at radius 3 is 2.50 bits per heavy atom. The first kappa shape index (κ1) is 21.4. The van der Waals surface area contributed by atoms with E-state index in [0.717, 1.165) is 16.5 Å². The molecule has 0 atom stereocenters. The topological polar surface area (TPSA) is 102 Å². The smallest absolute Gasteiger partial charge is 0.269 e. The van der Waals surface area contributed by atoms with Crippen molar-refractivity contribution in [3.05, 3.63) is 76.1 Å². The summed E-state index contributed by atoms with van der Waals surface area (Å²) >= 11 is 1.38. The normalized spacial score (nSPS) is 10.6. The fraction of sp³-hybridized carbons (Fsp3) is 0.238. The highest BCUT2D eigenvalue weighted by molar-refractivity contribution is 7.99. The van der Waals surface area contributed by atoms with Crippen molar-refractivity contribution in [1.29, 1.82) is 0 Å². The zero-order valence-corrected chi connectivity index (χ0v) is 17.6. The Kier molecular flexibility index (Phi) is 7.08. The lowest BCUT2D eigenvalue weighted by Gasteiger charge is -2.10. The largest absolute Gasteiger partial charge is 0.383 e. The van der Waals surface area contributed by atoms with E-state index < -0.39 is 4.92 Å². The number of carbonyl (C=O) groups excluding carboxylic acids is 1. The molecular formula is C21H23N5O3S. The lowest BCUT2D eigenvalue weighted by molar-refractivity contribution is -0.384. The average Bonchev–Trinajstić information content (AvgIpc) is 3.18. The summed E-state index contributed by atoms with van der Waals surface area (Å²) in [6.45, 7) is 5.07. The quantitative estimate of drug-likeness (QED) is 0.234. The number of aryl methyl sites for hydroxylation is 2. The van der Waals surface area contributed by atoms with Gasteiger partial charge in [-0.1, -0.05) is 17.8 Å². The fourth-order valence-corrected chi connectivity index (χ4v) is 3.78. The van der Waals surface area contributed by atoms with Crippen LogP contribution in [0.5, 0.6) is 0 Å². The molecule has 0 saturated carbocycles. The molecule has 0 radical (unpaired) electrons. The van der Waals surface area contributed by atoms with Crippen LogP contribution in [0.4, 0.5) is 11.4 Å². The Labute approximate surface area is 178 Å². The Hall–Kier alpha value is -3.33. The fourth-order valence-electron chi connectivity index (χ4n) is 2.97. The van der Waals surface area contributed by atoms with Crippen LogP contribution in [0, 0.1) is 24.0 Å². The maximum atomic E-state index is 12.2. The van der Waals surface area contributed by atoms with Gasteiger partial charge in [0.05, 0.1) is 10.7 Å². The number of anilines is 1. The lowest BCUT2D eigenvalue weighted by atomic mass is 10.1. The summed E-state index contributed by atoms with van der Waals surface area (Å²) < 4.78 is 1.98. The van der Waals surface area contributed by atoms with Gasteiger partial charge in [-0.3, -0.25) is 19.5 Å². The van der Waals surface area contributed by atoms with E-state index in [9.17, 15) is 14.9 Å². The van der Waals surface area contributed by atoms with E-state index in [0.29, 0.717) is 13.1 Å². The van der Waals surface area contributed by atoms with E-state index >= 15 is 0 Å². The van der Waals surface area contributed by atoms with Crippen molar-refractivity contribution in [2.75, 3.05) is 24.2 Å². The summed E-state index contributed by atoms with van der Waals surface area (Å²) in [6.07, 6.45) is 3.62. The minimum Gasteiger partial charge on any atom is -0.383 e. The summed E-state index contributed by atoms with van der Waals surface area (Å²) in [5.74, 6) is 0.180. The molecule has 156 valence electrons. The van der Waals surface area contributed by atoms with E-state index in [-0.39, 0.29) is 17.3 Å². The first-order chi connectivity index (χ1) is 14.4. The van der Waals surface area contributed by atoms with E-state index in [1.165, 1.54) is 35.0 Å². The van der Waals surface area contributed by atoms with Crippen LogP contribution in [-0.2, 0) is 4.79 Å². The number of nitro groups is 1. The van der Waals surface area contributed by atoms with E-state index in [1.807, 2.05) is 10.8 Å². The van der Waals surface area contributed by atoms with Gasteiger partial charge in [0.1, 0.15) is 0 Å². The number of nitrogens with one attached hydrogen (secondary N) is 2. The Morgan fingerprint density at radius 2 is 1.83 bits per heavy atom. The molecule has 0 fully saturated rings. The first-order valence-electron chi connectivity index (χ1n) is 9.42. The number of thioether (sulfide) groups is 1. The highest BCUT2D eigenvalue weighted by Gasteiger charge is 2.10. The van der Waals surface area contributed by atoms with Crippen molar-refractivity contribution in [3.8, 4) is 5.69 Å². The maximum absolute atomic E-state index is 12.2. The van der Waals surface area contributed by atoms with Gasteiger partial charge in [0.2, 0.25) is 5.91 Å². The molecule has 0 unspecified atom stereocenters. The predicted octanol–water partition coefficient (Wildman–Crippen LogP) is 3.72. The second-order valence-corrected chi connectivity index (χ2v) is 7.74. The van der Waals surface area contributed by atoms with E-state index in [2.05, 4.69) is 47.7 Å². The van der Waals surface area contributed by atoms with Gasteiger partial charge in [-0.2, -0.15) is 0 Å². The monoisotopic (exact) mass is 425 g/mol. The summed E-state index contributed by atoms with van der Waals surface area (Å²) in [6, 6.07) is 12.5. The molecule has 1 amide bonds. The number of nitro benzene ring substituents is 1. The molecule has 3 rings (SSSR count). The number of hydrogen-bond donors (Lipinski definition) is 2. The van der Waals surface area contributed by atoms with Gasteiger partial charge in [-0.05, 0) is 49.2 Å². The molecule has 1 aromatic heterocycles. The van der Waals surface area contributed by atoms with Gasteiger partial charge < -0.3 is 10.6 Å². The molecule has 0 aliphatic heterocycles. The molecule has 3 aromatic rings. The first-order valence-corrected chi connectivity index (χ1v) is 10.4. The van der Waals surface area contributed by atoms with Crippen LogP contribution in [0.15, 0.2) is 60.0 Å². The average molecular weight is 426 g/mol. The SMILES string of the molecule is Cc1cc(C)cc(-n2ccnc2SCC(=O)NCCNc2ccc([N+](=O)[O-])cc2)c1. The highest BCUT2D eigenvalue weighted by atomic mass is 32.2. The third-order valence-electron chi connectivity index (χ3n) is 4.28. The number of hydrogen-bond acceptors (Lipinski definition) is 6. The number of amides is 1. The van der Waals surface area contributed by atoms with Crippen molar-refractivity contribution in [2.45, 2.75) is 19.0 Å². The number of carbonyl (C=O) groups is 1. The van der Waals surface area contributed by atoms with Crippen LogP contribution < -0.4 is 10.6 Å². The number of aromatic nitrogens is 2. The molecular weight excluding hydrogens is 402 g/mol. The van der Waals surface area contributed by atoms with Crippen LogP contribution in [0.3, 0.4) is 0 Å². The molecule has 2 N–H and O–H groups in total. The molecule has 0 bridgehead atoms. The molecule has 2 aromatic carbocycles. The third kappa shape index (κ3) is 5.84. The molecule has 0 aliphatic rings. The second kappa shape index (κ2) is 9.93. The number of non-ortho nitro benzene ring substituents is 1. The number of nitrogens with zero attached hydrogens (tertiary/aromatic N) is 3. The van der Waals surface area contributed by atoms with Gasteiger partial charge in [0.25, 0.3) is 5.69 Å². The summed E-state index contributed by atoms with van der Waals surface area (Å²) in [5, 5.41) is 17.4. The summed E-state index contributed by atoms with van der Waals surface area (Å²) in [5.41, 5.74) is 4.19. The zero-order valence-electron chi connectivity index (χ0n) is 16.8. The van der Waals surface area contributed by atoms with Gasteiger partial charge >= 0.3 is 0 Å². The van der Waals surface area contributed by atoms with Crippen molar-refractivity contribution in [2.24, 2.45) is 0 Å². The van der Waals surface area contributed by atoms with Crippen molar-refractivity contribution < 1.29 is 9.72 Å². The van der Waals surface area contributed by atoms with Crippen LogP contribution in [-0.4, -0.2) is 39.2 Å². The summed E-state index contributed by atoms with van der Waals surface area (Å²) in [7, 11) is 0. The Bertz CT molecular complexity index is 1010. The molecule has 0 spiro atoms. The summed E-state index contributed by atoms with van der Waals surface area (Å²) in [4.78, 5) is 26.7. The number of benzene rings is 2. The number of rotatable bonds is 9. The van der Waals surface area contributed by atoms with Gasteiger partial charge in [0.15, 0.2) is 5.16 Å². The molecule has 8 nitrogen and oxygen atoms in total. The minimum absolute atomic E-state index is 0.0464.